The summed E-state index contributed by atoms with van der Waals surface area (Å²) in [6, 6.07) is 26.4. The molecule has 3 aromatic rings. The van der Waals surface area contributed by atoms with Crippen LogP contribution in [-0.4, -0.2) is 34.7 Å². The van der Waals surface area contributed by atoms with Crippen LogP contribution in [0.15, 0.2) is 83.9 Å². The Kier molecular flexibility index (Phi) is 4.02. The molecule has 2 aliphatic heterocycles. The quantitative estimate of drug-likeness (QED) is 0.387. The first-order chi connectivity index (χ1) is 13.7. The number of hydrogen-bond acceptors (Lipinski definition) is 4. The van der Waals surface area contributed by atoms with E-state index >= 15 is 0 Å². The van der Waals surface area contributed by atoms with E-state index in [1.807, 2.05) is 30.3 Å². The van der Waals surface area contributed by atoms with E-state index in [-0.39, 0.29) is 22.7 Å². The van der Waals surface area contributed by atoms with Crippen LogP contribution in [0.3, 0.4) is 0 Å². The first kappa shape index (κ1) is 16.8. The largest absolute Gasteiger partial charge is 0.286 e. The molecule has 1 saturated heterocycles. The summed E-state index contributed by atoms with van der Waals surface area (Å²) in [5.41, 5.74) is 5.92. The van der Waals surface area contributed by atoms with Gasteiger partial charge in [-0.1, -0.05) is 66.7 Å². The summed E-state index contributed by atoms with van der Waals surface area (Å²) in [6.45, 7) is 1.72. The van der Waals surface area contributed by atoms with Gasteiger partial charge < -0.3 is 0 Å². The molecule has 0 aromatic heterocycles. The molecule has 1 fully saturated rings. The molecule has 3 aromatic carbocycles. The van der Waals surface area contributed by atoms with Crippen LogP contribution in [0.5, 0.6) is 0 Å². The maximum atomic E-state index is 10.9. The molecule has 0 aliphatic carbocycles. The lowest BCUT2D eigenvalue weighted by atomic mass is 9.98. The van der Waals surface area contributed by atoms with E-state index in [9.17, 15) is 10.1 Å². The Morgan fingerprint density at radius 2 is 1.46 bits per heavy atom. The maximum absolute atomic E-state index is 10.9. The summed E-state index contributed by atoms with van der Waals surface area (Å²) in [4.78, 5) is 17.8. The van der Waals surface area contributed by atoms with Crippen LogP contribution < -0.4 is 0 Å². The lowest BCUT2D eigenvalue weighted by molar-refractivity contribution is -0.384. The summed E-state index contributed by atoms with van der Waals surface area (Å²) >= 11 is 0. The second-order valence-corrected chi connectivity index (χ2v) is 7.19. The third-order valence-corrected chi connectivity index (χ3v) is 5.58. The number of fused-ring (bicyclic) bond motifs is 1. The Hall–Kier alpha value is -3.31. The lowest BCUT2D eigenvalue weighted by Crippen LogP contribution is -2.22. The molecule has 3 atom stereocenters. The Morgan fingerprint density at radius 1 is 0.821 bits per heavy atom. The van der Waals surface area contributed by atoms with Gasteiger partial charge in [-0.3, -0.25) is 20.0 Å². The van der Waals surface area contributed by atoms with Crippen LogP contribution in [0.25, 0.3) is 11.1 Å². The van der Waals surface area contributed by atoms with E-state index in [2.05, 4.69) is 41.3 Å². The van der Waals surface area contributed by atoms with Crippen molar-refractivity contribution >= 4 is 11.4 Å². The second-order valence-electron chi connectivity index (χ2n) is 7.19. The standard InChI is InChI=1S/C23H19N3O2/c27-26(28)20-12-10-19(11-13-20)22-23-21(24-14-15-25(22)23)18-8-6-17(7-9-18)16-4-2-1-3-5-16/h1-13,22-23H,14-15H2. The van der Waals surface area contributed by atoms with Crippen LogP contribution in [-0.2, 0) is 0 Å². The Morgan fingerprint density at radius 3 is 2.14 bits per heavy atom. The van der Waals surface area contributed by atoms with E-state index in [1.54, 1.807) is 12.1 Å². The first-order valence-electron chi connectivity index (χ1n) is 9.43. The predicted molar refractivity (Wildman–Crippen MR) is 110 cm³/mol. The highest BCUT2D eigenvalue weighted by Crippen LogP contribution is 2.46. The number of rotatable bonds is 4. The molecule has 0 spiro atoms. The Labute approximate surface area is 163 Å². The molecule has 3 unspecified atom stereocenters. The molecular formula is C23H19N3O2. The fourth-order valence-electron chi connectivity index (χ4n) is 4.13. The van der Waals surface area contributed by atoms with Crippen molar-refractivity contribution in [2.45, 2.75) is 12.1 Å². The Bertz CT molecular complexity index is 1040. The minimum absolute atomic E-state index is 0.132. The SMILES string of the molecule is O=[N+]([O-])c1ccc(C2C3C(c4ccc(-c5ccccc5)cc4)=NCCN32)cc1. The molecule has 2 aliphatic rings. The van der Waals surface area contributed by atoms with E-state index in [0.29, 0.717) is 0 Å². The third kappa shape index (κ3) is 2.90. The van der Waals surface area contributed by atoms with E-state index in [4.69, 9.17) is 4.99 Å². The zero-order chi connectivity index (χ0) is 19.1. The molecule has 5 heteroatoms. The van der Waals surface area contributed by atoms with Crippen LogP contribution in [0.4, 0.5) is 5.69 Å². The fraction of sp³-hybridized carbons (Fsp3) is 0.174. The highest BCUT2D eigenvalue weighted by molar-refractivity contribution is 6.07. The summed E-state index contributed by atoms with van der Waals surface area (Å²) < 4.78 is 0. The van der Waals surface area contributed by atoms with Crippen molar-refractivity contribution in [2.75, 3.05) is 13.1 Å². The van der Waals surface area contributed by atoms with Crippen LogP contribution in [0, 0.1) is 10.1 Å². The first-order valence-corrected chi connectivity index (χ1v) is 9.43. The smallest absolute Gasteiger partial charge is 0.269 e. The minimum Gasteiger partial charge on any atom is -0.286 e. The molecule has 138 valence electrons. The summed E-state index contributed by atoms with van der Waals surface area (Å²) in [5, 5.41) is 10.9. The normalized spacial score (nSPS) is 22.9. The van der Waals surface area contributed by atoms with Crippen molar-refractivity contribution in [3.8, 4) is 11.1 Å². The number of nitrogens with zero attached hydrogens (tertiary/aromatic N) is 3. The minimum atomic E-state index is -0.356. The molecule has 5 rings (SSSR count). The predicted octanol–water partition coefficient (Wildman–Crippen LogP) is 4.49. The van der Waals surface area contributed by atoms with Gasteiger partial charge in [-0.05, 0) is 22.3 Å². The molecule has 0 N–H and O–H groups in total. The van der Waals surface area contributed by atoms with E-state index in [1.165, 1.54) is 11.1 Å². The average Bonchev–Trinajstić information content (AvgIpc) is 3.49. The van der Waals surface area contributed by atoms with Gasteiger partial charge in [0.05, 0.1) is 29.3 Å². The third-order valence-electron chi connectivity index (χ3n) is 5.58. The molecule has 0 amide bonds. The maximum Gasteiger partial charge on any atom is 0.269 e. The van der Waals surface area contributed by atoms with Crippen molar-refractivity contribution in [3.05, 3.63) is 100 Å². The van der Waals surface area contributed by atoms with Crippen LogP contribution in [0.2, 0.25) is 0 Å². The number of non-ortho nitro benzene ring substituents is 1. The second kappa shape index (κ2) is 6.69. The molecule has 0 bridgehead atoms. The average molecular weight is 369 g/mol. The lowest BCUT2D eigenvalue weighted by Gasteiger charge is -2.12. The molecule has 28 heavy (non-hydrogen) atoms. The zero-order valence-corrected chi connectivity index (χ0v) is 15.2. The van der Waals surface area contributed by atoms with Gasteiger partial charge in [0.2, 0.25) is 0 Å². The van der Waals surface area contributed by atoms with Gasteiger partial charge in [0.15, 0.2) is 0 Å². The van der Waals surface area contributed by atoms with E-state index < -0.39 is 0 Å². The van der Waals surface area contributed by atoms with Crippen molar-refractivity contribution in [1.29, 1.82) is 0 Å². The number of hydrogen-bond donors (Lipinski definition) is 0. The number of aliphatic imine (C=N–C) groups is 1. The van der Waals surface area contributed by atoms with Crippen molar-refractivity contribution < 1.29 is 4.92 Å². The monoisotopic (exact) mass is 369 g/mol. The number of benzene rings is 3. The van der Waals surface area contributed by atoms with Gasteiger partial charge in [0, 0.05) is 18.7 Å². The van der Waals surface area contributed by atoms with Gasteiger partial charge in [-0.15, -0.1) is 0 Å². The Balaban J connectivity index is 1.39. The van der Waals surface area contributed by atoms with Gasteiger partial charge in [-0.25, -0.2) is 0 Å². The summed E-state index contributed by atoms with van der Waals surface area (Å²) in [7, 11) is 0. The van der Waals surface area contributed by atoms with Gasteiger partial charge >= 0.3 is 0 Å². The van der Waals surface area contributed by atoms with Gasteiger partial charge in [0.25, 0.3) is 5.69 Å². The van der Waals surface area contributed by atoms with Crippen LogP contribution in [0.1, 0.15) is 17.2 Å². The molecule has 5 nitrogen and oxygen atoms in total. The van der Waals surface area contributed by atoms with Gasteiger partial charge in [-0.2, -0.15) is 0 Å². The van der Waals surface area contributed by atoms with Crippen LogP contribution >= 0.6 is 0 Å². The summed E-state index contributed by atoms with van der Waals surface area (Å²) in [6.07, 6.45) is 0. The van der Waals surface area contributed by atoms with Crippen molar-refractivity contribution in [3.63, 3.8) is 0 Å². The number of nitro benzene ring substituents is 1. The van der Waals surface area contributed by atoms with E-state index in [0.717, 1.165) is 29.9 Å². The molecular weight excluding hydrogens is 350 g/mol. The molecule has 2 heterocycles. The molecule has 0 radical (unpaired) electrons. The summed E-state index contributed by atoms with van der Waals surface area (Å²) in [5.74, 6) is 0. The zero-order valence-electron chi connectivity index (χ0n) is 15.2. The van der Waals surface area contributed by atoms with Crippen molar-refractivity contribution in [1.82, 2.24) is 4.90 Å². The highest BCUT2D eigenvalue weighted by Gasteiger charge is 2.52. The van der Waals surface area contributed by atoms with Crippen molar-refractivity contribution in [2.24, 2.45) is 4.99 Å². The topological polar surface area (TPSA) is 58.5 Å². The molecule has 0 saturated carbocycles. The fourth-order valence-corrected chi connectivity index (χ4v) is 4.13. The number of nitro groups is 1. The van der Waals surface area contributed by atoms with Gasteiger partial charge in [0.1, 0.15) is 0 Å². The highest BCUT2D eigenvalue weighted by atomic mass is 16.6.